The quantitative estimate of drug-likeness (QED) is 0.574. The van der Waals surface area contributed by atoms with Gasteiger partial charge in [0, 0.05) is 27.5 Å². The molecule has 1 amide bonds. The predicted octanol–water partition coefficient (Wildman–Crippen LogP) is 3.99. The fourth-order valence-corrected chi connectivity index (χ4v) is 3.46. The molecule has 1 aromatic heterocycles. The number of nitrogens with two attached hydrogens (primary N) is 1. The first-order valence-corrected chi connectivity index (χ1v) is 8.69. The highest BCUT2D eigenvalue weighted by Crippen LogP contribution is 2.30. The molecule has 0 unspecified atom stereocenters. The van der Waals surface area contributed by atoms with Crippen LogP contribution in [0.1, 0.15) is 42.3 Å². The summed E-state index contributed by atoms with van der Waals surface area (Å²) in [6.45, 7) is 2.05. The van der Waals surface area contributed by atoms with Crippen LogP contribution >= 0.6 is 11.9 Å². The summed E-state index contributed by atoms with van der Waals surface area (Å²) in [5.74, 6) is 0. The standard InChI is InChI=1S/C18H21N3OS/c1-12(8-14-9-13-4-2-3-5-17(13)21-14)16-10-15(23-19)6-7-18(16)20-11-22/h6-11,21H,2-5,19H2,1H3,(H,20,22)/b12-8+. The van der Waals surface area contributed by atoms with Crippen molar-refractivity contribution in [2.45, 2.75) is 37.5 Å². The molecule has 1 aliphatic carbocycles. The molecule has 1 aliphatic rings. The Kier molecular flexibility index (Phi) is 4.88. The van der Waals surface area contributed by atoms with Crippen LogP contribution < -0.4 is 10.5 Å². The van der Waals surface area contributed by atoms with Crippen molar-refractivity contribution in [2.24, 2.45) is 5.14 Å². The van der Waals surface area contributed by atoms with Crippen molar-refractivity contribution in [3.05, 3.63) is 46.8 Å². The Balaban J connectivity index is 1.96. The Hall–Kier alpha value is -1.98. The number of hydrogen-bond donors (Lipinski definition) is 3. The lowest BCUT2D eigenvalue weighted by molar-refractivity contribution is -0.105. The number of nitrogens with one attached hydrogen (secondary N) is 2. The fraction of sp³-hybridized carbons (Fsp3) is 0.278. The van der Waals surface area contributed by atoms with Crippen LogP contribution in [0.2, 0.25) is 0 Å². The molecule has 0 aliphatic heterocycles. The van der Waals surface area contributed by atoms with Crippen LogP contribution in [0.25, 0.3) is 11.6 Å². The zero-order chi connectivity index (χ0) is 16.2. The van der Waals surface area contributed by atoms with E-state index in [1.807, 2.05) is 18.2 Å². The molecule has 23 heavy (non-hydrogen) atoms. The second-order valence-electron chi connectivity index (χ2n) is 5.85. The molecule has 4 N–H and O–H groups in total. The van der Waals surface area contributed by atoms with E-state index in [1.54, 1.807) is 0 Å². The van der Waals surface area contributed by atoms with Gasteiger partial charge in [-0.05, 0) is 86.0 Å². The van der Waals surface area contributed by atoms with Gasteiger partial charge in [-0.2, -0.15) is 0 Å². The molecule has 0 fully saturated rings. The normalized spacial score (nSPS) is 14.4. The summed E-state index contributed by atoms with van der Waals surface area (Å²) >= 11 is 1.20. The summed E-state index contributed by atoms with van der Waals surface area (Å²) < 4.78 is 0. The molecule has 1 heterocycles. The summed E-state index contributed by atoms with van der Waals surface area (Å²) in [5, 5.41) is 8.42. The van der Waals surface area contributed by atoms with Crippen LogP contribution in [-0.4, -0.2) is 11.4 Å². The Bertz CT molecular complexity index is 725. The number of hydrogen-bond acceptors (Lipinski definition) is 3. The Morgan fingerprint density at radius 2 is 2.13 bits per heavy atom. The number of anilines is 1. The topological polar surface area (TPSA) is 70.9 Å². The first-order chi connectivity index (χ1) is 11.2. The van der Waals surface area contributed by atoms with Crippen molar-refractivity contribution in [3.63, 3.8) is 0 Å². The average Bonchev–Trinajstić information content (AvgIpc) is 2.97. The van der Waals surface area contributed by atoms with Gasteiger partial charge in [-0.15, -0.1) is 0 Å². The SMILES string of the molecule is C/C(=C\c1cc2c([nH]1)CCCC2)c1cc(SN)ccc1NC=O. The number of aryl methyl sites for hydroxylation is 2. The van der Waals surface area contributed by atoms with Gasteiger partial charge in [-0.3, -0.25) is 9.93 Å². The van der Waals surface area contributed by atoms with E-state index < -0.39 is 0 Å². The number of aromatic amines is 1. The number of H-pyrrole nitrogens is 1. The summed E-state index contributed by atoms with van der Waals surface area (Å²) in [7, 11) is 0. The largest absolute Gasteiger partial charge is 0.359 e. The Morgan fingerprint density at radius 1 is 1.30 bits per heavy atom. The second kappa shape index (κ2) is 7.06. The molecular weight excluding hydrogens is 306 g/mol. The molecule has 2 aromatic rings. The zero-order valence-corrected chi connectivity index (χ0v) is 14.0. The highest BCUT2D eigenvalue weighted by Gasteiger charge is 2.12. The third kappa shape index (κ3) is 3.51. The van der Waals surface area contributed by atoms with Gasteiger partial charge in [0.05, 0.1) is 0 Å². The van der Waals surface area contributed by atoms with Crippen molar-refractivity contribution in [2.75, 3.05) is 5.32 Å². The van der Waals surface area contributed by atoms with Gasteiger partial charge >= 0.3 is 0 Å². The molecule has 0 radical (unpaired) electrons. The van der Waals surface area contributed by atoms with Crippen LogP contribution in [0.15, 0.2) is 29.2 Å². The van der Waals surface area contributed by atoms with Crippen molar-refractivity contribution >= 4 is 35.7 Å². The second-order valence-corrected chi connectivity index (χ2v) is 6.56. The van der Waals surface area contributed by atoms with Crippen molar-refractivity contribution in [3.8, 4) is 0 Å². The molecule has 0 bridgehead atoms. The molecule has 0 spiro atoms. The number of allylic oxidation sites excluding steroid dienone is 1. The minimum atomic E-state index is 0.703. The molecule has 120 valence electrons. The number of rotatable bonds is 5. The summed E-state index contributed by atoms with van der Waals surface area (Å²) in [4.78, 5) is 15.3. The van der Waals surface area contributed by atoms with Gasteiger partial charge in [0.2, 0.25) is 6.41 Å². The lowest BCUT2D eigenvalue weighted by Crippen LogP contribution is -1.99. The number of amides is 1. The number of aromatic nitrogens is 1. The Morgan fingerprint density at radius 3 is 2.87 bits per heavy atom. The molecule has 1 aromatic carbocycles. The highest BCUT2D eigenvalue weighted by atomic mass is 32.2. The van der Waals surface area contributed by atoms with E-state index in [0.29, 0.717) is 6.41 Å². The maximum Gasteiger partial charge on any atom is 0.211 e. The lowest BCUT2D eigenvalue weighted by atomic mass is 9.98. The summed E-state index contributed by atoms with van der Waals surface area (Å²) in [6.07, 6.45) is 7.67. The smallest absolute Gasteiger partial charge is 0.211 e. The van der Waals surface area contributed by atoms with Crippen molar-refractivity contribution in [1.82, 2.24) is 4.98 Å². The molecule has 0 saturated heterocycles. The number of fused-ring (bicyclic) bond motifs is 1. The molecule has 5 heteroatoms. The molecule has 3 rings (SSSR count). The summed E-state index contributed by atoms with van der Waals surface area (Å²) in [6, 6.07) is 8.04. The van der Waals surface area contributed by atoms with Crippen molar-refractivity contribution < 1.29 is 4.79 Å². The van der Waals surface area contributed by atoms with E-state index in [9.17, 15) is 4.79 Å². The Labute approximate surface area is 140 Å². The molecule has 0 saturated carbocycles. The van der Waals surface area contributed by atoms with Crippen LogP contribution in [0.4, 0.5) is 5.69 Å². The maximum absolute atomic E-state index is 10.8. The first kappa shape index (κ1) is 15.9. The first-order valence-electron chi connectivity index (χ1n) is 7.81. The molecule has 0 atom stereocenters. The maximum atomic E-state index is 10.8. The van der Waals surface area contributed by atoms with E-state index in [-0.39, 0.29) is 0 Å². The third-order valence-corrected chi connectivity index (χ3v) is 4.80. The predicted molar refractivity (Wildman–Crippen MR) is 97.2 cm³/mol. The van der Waals surface area contributed by atoms with Crippen molar-refractivity contribution in [1.29, 1.82) is 0 Å². The van der Waals surface area contributed by atoms with Gasteiger partial charge in [0.15, 0.2) is 0 Å². The zero-order valence-electron chi connectivity index (χ0n) is 13.2. The number of benzene rings is 1. The van der Waals surface area contributed by atoms with Gasteiger partial charge in [0.25, 0.3) is 0 Å². The molecular formula is C18H21N3OS. The fourth-order valence-electron chi connectivity index (χ4n) is 3.13. The monoisotopic (exact) mass is 327 g/mol. The lowest BCUT2D eigenvalue weighted by Gasteiger charge is -2.10. The number of carbonyl (C=O) groups excluding carboxylic acids is 1. The van der Waals surface area contributed by atoms with Gasteiger partial charge in [-0.1, -0.05) is 0 Å². The minimum Gasteiger partial charge on any atom is -0.359 e. The van der Waals surface area contributed by atoms with E-state index in [1.165, 1.54) is 36.0 Å². The van der Waals surface area contributed by atoms with Gasteiger partial charge < -0.3 is 10.3 Å². The van der Waals surface area contributed by atoms with Gasteiger partial charge in [-0.25, -0.2) is 0 Å². The minimum absolute atomic E-state index is 0.703. The van der Waals surface area contributed by atoms with E-state index in [4.69, 9.17) is 5.14 Å². The van der Waals surface area contributed by atoms with Crippen LogP contribution in [0.3, 0.4) is 0 Å². The van der Waals surface area contributed by atoms with E-state index in [0.717, 1.165) is 40.3 Å². The number of carbonyl (C=O) groups is 1. The summed E-state index contributed by atoms with van der Waals surface area (Å²) in [5.41, 5.74) is 6.80. The highest BCUT2D eigenvalue weighted by molar-refractivity contribution is 7.97. The van der Waals surface area contributed by atoms with E-state index >= 15 is 0 Å². The third-order valence-electron chi connectivity index (χ3n) is 4.27. The van der Waals surface area contributed by atoms with Gasteiger partial charge in [0.1, 0.15) is 0 Å². The van der Waals surface area contributed by atoms with E-state index in [2.05, 4.69) is 29.4 Å². The van der Waals surface area contributed by atoms with Crippen LogP contribution in [-0.2, 0) is 17.6 Å². The van der Waals surface area contributed by atoms with Crippen LogP contribution in [0, 0.1) is 0 Å². The van der Waals surface area contributed by atoms with Crippen LogP contribution in [0.5, 0.6) is 0 Å². The molecule has 4 nitrogen and oxygen atoms in total. The average molecular weight is 327 g/mol.